The molecule has 0 fully saturated rings. The van der Waals surface area contributed by atoms with Crippen LogP contribution in [0.25, 0.3) is 11.0 Å². The number of esters is 1. The Hall–Kier alpha value is -2.04. The fourth-order valence-electron chi connectivity index (χ4n) is 1.96. The topological polar surface area (TPSA) is 47.4 Å². The van der Waals surface area contributed by atoms with Gasteiger partial charge in [0.15, 0.2) is 0 Å². The van der Waals surface area contributed by atoms with Crippen LogP contribution in [0.4, 0.5) is 5.95 Å². The fourth-order valence-corrected chi connectivity index (χ4v) is 1.96. The number of nitrogens with zero attached hydrogens (tertiary/aromatic N) is 3. The highest BCUT2D eigenvalue weighted by Gasteiger charge is 2.16. The Balaban J connectivity index is 2.39. The van der Waals surface area contributed by atoms with E-state index in [4.69, 9.17) is 4.74 Å². The molecule has 0 saturated carbocycles. The molecule has 96 valence electrons. The van der Waals surface area contributed by atoms with Gasteiger partial charge in [-0.25, -0.2) is 4.98 Å². The van der Waals surface area contributed by atoms with Crippen molar-refractivity contribution in [2.45, 2.75) is 6.92 Å². The molecule has 0 aliphatic carbocycles. The zero-order valence-electron chi connectivity index (χ0n) is 10.9. The number of carbonyl (C=O) groups excluding carboxylic acids is 1. The van der Waals surface area contributed by atoms with E-state index in [0.717, 1.165) is 17.0 Å². The van der Waals surface area contributed by atoms with Gasteiger partial charge in [0.2, 0.25) is 5.95 Å². The molecule has 0 radical (unpaired) electrons. The molecule has 0 bridgehead atoms. The van der Waals surface area contributed by atoms with Crippen LogP contribution in [0.2, 0.25) is 0 Å². The Labute approximate surface area is 106 Å². The number of aryl methyl sites for hydroxylation is 1. The lowest BCUT2D eigenvalue weighted by atomic mass is 10.3. The molecular weight excluding hydrogens is 230 g/mol. The summed E-state index contributed by atoms with van der Waals surface area (Å²) in [6.07, 6.45) is 0. The lowest BCUT2D eigenvalue weighted by Gasteiger charge is -2.20. The van der Waals surface area contributed by atoms with Gasteiger partial charge >= 0.3 is 5.97 Å². The fraction of sp³-hybridized carbons (Fsp3) is 0.385. The van der Waals surface area contributed by atoms with Crippen molar-refractivity contribution in [1.82, 2.24) is 9.55 Å². The van der Waals surface area contributed by atoms with Crippen LogP contribution in [0.1, 0.15) is 6.92 Å². The largest absolute Gasteiger partial charge is 0.468 e. The predicted octanol–water partition coefficient (Wildman–Crippen LogP) is 1.57. The number of hydrogen-bond acceptors (Lipinski definition) is 4. The second-order valence-corrected chi connectivity index (χ2v) is 4.05. The van der Waals surface area contributed by atoms with E-state index in [1.807, 2.05) is 47.7 Å². The van der Waals surface area contributed by atoms with Crippen molar-refractivity contribution in [3.63, 3.8) is 0 Å². The van der Waals surface area contributed by atoms with Gasteiger partial charge in [-0.3, -0.25) is 4.79 Å². The second kappa shape index (κ2) is 5.08. The number of fused-ring (bicyclic) bond motifs is 1. The molecule has 1 aromatic heterocycles. The average Bonchev–Trinajstić information content (AvgIpc) is 2.73. The van der Waals surface area contributed by atoms with Crippen molar-refractivity contribution >= 4 is 23.0 Å². The van der Waals surface area contributed by atoms with Gasteiger partial charge in [0.25, 0.3) is 0 Å². The second-order valence-electron chi connectivity index (χ2n) is 4.05. The molecule has 5 heteroatoms. The van der Waals surface area contributed by atoms with Gasteiger partial charge in [0.05, 0.1) is 18.1 Å². The number of benzene rings is 1. The lowest BCUT2D eigenvalue weighted by Crippen LogP contribution is -2.32. The highest BCUT2D eigenvalue weighted by molar-refractivity contribution is 5.80. The van der Waals surface area contributed by atoms with E-state index < -0.39 is 0 Å². The molecule has 2 aromatic rings. The first kappa shape index (κ1) is 12.4. The smallest absolute Gasteiger partial charge is 0.325 e. The average molecular weight is 247 g/mol. The van der Waals surface area contributed by atoms with E-state index in [2.05, 4.69) is 4.98 Å². The summed E-state index contributed by atoms with van der Waals surface area (Å²) < 4.78 is 6.69. The molecule has 0 aliphatic heterocycles. The molecule has 0 saturated heterocycles. The number of imidazole rings is 1. The van der Waals surface area contributed by atoms with Crippen LogP contribution in [0.5, 0.6) is 0 Å². The van der Waals surface area contributed by atoms with Crippen molar-refractivity contribution in [3.05, 3.63) is 24.3 Å². The van der Waals surface area contributed by atoms with Crippen LogP contribution in [0.15, 0.2) is 24.3 Å². The third kappa shape index (κ3) is 2.16. The Morgan fingerprint density at radius 3 is 2.78 bits per heavy atom. The van der Waals surface area contributed by atoms with Crippen molar-refractivity contribution in [2.24, 2.45) is 7.05 Å². The summed E-state index contributed by atoms with van der Waals surface area (Å²) in [5.74, 6) is 0.521. The molecule has 0 unspecified atom stereocenters. The number of anilines is 1. The minimum atomic E-state index is -0.260. The third-order valence-electron chi connectivity index (χ3n) is 2.98. The number of hydrogen-bond donors (Lipinski definition) is 0. The highest BCUT2D eigenvalue weighted by atomic mass is 16.5. The van der Waals surface area contributed by atoms with Crippen LogP contribution in [-0.2, 0) is 16.6 Å². The van der Waals surface area contributed by atoms with Crippen LogP contribution in [0.3, 0.4) is 0 Å². The summed E-state index contributed by atoms with van der Waals surface area (Å²) in [6.45, 7) is 2.90. The Morgan fingerprint density at radius 2 is 2.17 bits per heavy atom. The van der Waals surface area contributed by atoms with E-state index in [1.54, 1.807) is 0 Å². The number of rotatable bonds is 4. The van der Waals surface area contributed by atoms with Crippen molar-refractivity contribution in [3.8, 4) is 0 Å². The lowest BCUT2D eigenvalue weighted by molar-refractivity contribution is -0.138. The first-order valence-corrected chi connectivity index (χ1v) is 5.90. The molecule has 5 nitrogen and oxygen atoms in total. The molecule has 1 heterocycles. The number of carbonyl (C=O) groups is 1. The number of methoxy groups -OCH3 is 1. The maximum absolute atomic E-state index is 11.4. The quantitative estimate of drug-likeness (QED) is 0.769. The van der Waals surface area contributed by atoms with Gasteiger partial charge in [0, 0.05) is 13.6 Å². The van der Waals surface area contributed by atoms with Crippen LogP contribution >= 0.6 is 0 Å². The van der Waals surface area contributed by atoms with Crippen LogP contribution in [0, 0.1) is 0 Å². The third-order valence-corrected chi connectivity index (χ3v) is 2.98. The molecule has 0 N–H and O–H groups in total. The Kier molecular flexibility index (Phi) is 3.50. The monoisotopic (exact) mass is 247 g/mol. The minimum Gasteiger partial charge on any atom is -0.468 e. The van der Waals surface area contributed by atoms with Crippen molar-refractivity contribution in [2.75, 3.05) is 25.1 Å². The minimum absolute atomic E-state index is 0.212. The summed E-state index contributed by atoms with van der Waals surface area (Å²) in [6, 6.07) is 7.91. The Morgan fingerprint density at radius 1 is 1.44 bits per heavy atom. The van der Waals surface area contributed by atoms with Gasteiger partial charge in [-0.1, -0.05) is 12.1 Å². The maximum atomic E-state index is 11.4. The number of ether oxygens (including phenoxy) is 1. The zero-order chi connectivity index (χ0) is 13.1. The summed E-state index contributed by atoms with van der Waals surface area (Å²) in [5.41, 5.74) is 1.98. The SMILES string of the molecule is CCN(CC(=O)OC)c1nc2ccccc2n1C. The van der Waals surface area contributed by atoms with Gasteiger partial charge in [-0.05, 0) is 19.1 Å². The van der Waals surface area contributed by atoms with Gasteiger partial charge in [-0.15, -0.1) is 0 Å². The van der Waals surface area contributed by atoms with Crippen molar-refractivity contribution in [1.29, 1.82) is 0 Å². The molecule has 2 rings (SSSR count). The molecular formula is C13H17N3O2. The molecule has 0 aliphatic rings. The van der Waals surface area contributed by atoms with Crippen molar-refractivity contribution < 1.29 is 9.53 Å². The van der Waals surface area contributed by atoms with E-state index in [0.29, 0.717) is 6.54 Å². The molecule has 0 amide bonds. The van der Waals surface area contributed by atoms with Gasteiger partial charge in [0.1, 0.15) is 6.54 Å². The molecule has 0 atom stereocenters. The van der Waals surface area contributed by atoms with E-state index in [9.17, 15) is 4.79 Å². The zero-order valence-corrected chi connectivity index (χ0v) is 10.9. The standard InChI is InChI=1S/C13H17N3O2/c1-4-16(9-12(17)18-3)13-14-10-7-5-6-8-11(10)15(13)2/h5-8H,4,9H2,1-3H3. The highest BCUT2D eigenvalue weighted by Crippen LogP contribution is 2.20. The molecule has 0 spiro atoms. The first-order chi connectivity index (χ1) is 8.67. The Bertz CT molecular complexity index is 562. The number of aromatic nitrogens is 2. The van der Waals surface area contributed by atoms with Crippen LogP contribution < -0.4 is 4.90 Å². The maximum Gasteiger partial charge on any atom is 0.325 e. The van der Waals surface area contributed by atoms with Gasteiger partial charge < -0.3 is 14.2 Å². The summed E-state index contributed by atoms with van der Waals surface area (Å²) in [7, 11) is 3.34. The predicted molar refractivity (Wildman–Crippen MR) is 70.6 cm³/mol. The summed E-state index contributed by atoms with van der Waals surface area (Å²) in [4.78, 5) is 17.8. The van der Waals surface area contributed by atoms with Gasteiger partial charge in [-0.2, -0.15) is 0 Å². The normalized spacial score (nSPS) is 10.6. The summed E-state index contributed by atoms with van der Waals surface area (Å²) in [5, 5.41) is 0. The molecule has 1 aromatic carbocycles. The van der Waals surface area contributed by atoms with E-state index in [-0.39, 0.29) is 12.5 Å². The number of likely N-dealkylation sites (N-methyl/N-ethyl adjacent to an activating group) is 1. The van der Waals surface area contributed by atoms with E-state index >= 15 is 0 Å². The summed E-state index contributed by atoms with van der Waals surface area (Å²) >= 11 is 0. The number of para-hydroxylation sites is 2. The van der Waals surface area contributed by atoms with E-state index in [1.165, 1.54) is 7.11 Å². The van der Waals surface area contributed by atoms with Crippen LogP contribution in [-0.4, -0.2) is 35.7 Å². The molecule has 18 heavy (non-hydrogen) atoms. The first-order valence-electron chi connectivity index (χ1n) is 5.90.